The number of rotatable bonds is 9. The smallest absolute Gasteiger partial charge is 0.0615 e. The highest BCUT2D eigenvalue weighted by molar-refractivity contribution is 5.14. The Morgan fingerprint density at radius 1 is 1.29 bits per heavy atom. The molecule has 1 atom stereocenters. The molecule has 0 saturated carbocycles. The lowest BCUT2D eigenvalue weighted by molar-refractivity contribution is 0.162. The van der Waals surface area contributed by atoms with E-state index in [2.05, 4.69) is 29.6 Å². The first-order chi connectivity index (χ1) is 8.36. The molecular formula is C14H24N2O. The fourth-order valence-corrected chi connectivity index (χ4v) is 1.88. The number of hydrogen-bond acceptors (Lipinski definition) is 3. The van der Waals surface area contributed by atoms with Crippen LogP contribution in [0.5, 0.6) is 0 Å². The Labute approximate surface area is 104 Å². The van der Waals surface area contributed by atoms with E-state index in [-0.39, 0.29) is 0 Å². The lowest BCUT2D eigenvalue weighted by atomic mass is 10.1. The minimum Gasteiger partial charge on any atom is -0.383 e. The van der Waals surface area contributed by atoms with E-state index in [0.29, 0.717) is 6.04 Å². The molecule has 0 saturated heterocycles. The second-order valence-corrected chi connectivity index (χ2v) is 4.27. The van der Waals surface area contributed by atoms with Crippen molar-refractivity contribution in [3.8, 4) is 0 Å². The highest BCUT2D eigenvalue weighted by Gasteiger charge is 2.06. The Morgan fingerprint density at radius 2 is 2.06 bits per heavy atom. The van der Waals surface area contributed by atoms with Gasteiger partial charge in [0.05, 0.1) is 6.61 Å². The summed E-state index contributed by atoms with van der Waals surface area (Å²) in [6.45, 7) is 2.50. The zero-order valence-electron chi connectivity index (χ0n) is 10.7. The first kappa shape index (κ1) is 14.2. The van der Waals surface area contributed by atoms with Crippen LogP contribution in [0.4, 0.5) is 0 Å². The minimum atomic E-state index is 0.423. The van der Waals surface area contributed by atoms with E-state index >= 15 is 0 Å². The van der Waals surface area contributed by atoms with Crippen LogP contribution in [0.2, 0.25) is 0 Å². The SMILES string of the molecule is COCC(CCCN)NCCc1ccccc1. The van der Waals surface area contributed by atoms with Gasteiger partial charge in [-0.3, -0.25) is 0 Å². The molecule has 0 bridgehead atoms. The van der Waals surface area contributed by atoms with Crippen molar-refractivity contribution in [3.63, 3.8) is 0 Å². The van der Waals surface area contributed by atoms with Gasteiger partial charge in [0, 0.05) is 13.2 Å². The minimum absolute atomic E-state index is 0.423. The molecule has 1 aromatic carbocycles. The Morgan fingerprint density at radius 3 is 2.71 bits per heavy atom. The Kier molecular flexibility index (Phi) is 7.63. The molecule has 0 aliphatic carbocycles. The van der Waals surface area contributed by atoms with Gasteiger partial charge in [-0.1, -0.05) is 30.3 Å². The van der Waals surface area contributed by atoms with Gasteiger partial charge < -0.3 is 15.8 Å². The van der Waals surface area contributed by atoms with Crippen LogP contribution in [-0.2, 0) is 11.2 Å². The van der Waals surface area contributed by atoms with Crippen LogP contribution in [0.3, 0.4) is 0 Å². The summed E-state index contributed by atoms with van der Waals surface area (Å²) in [4.78, 5) is 0. The average Bonchev–Trinajstić information content (AvgIpc) is 2.37. The van der Waals surface area contributed by atoms with Crippen molar-refractivity contribution in [2.75, 3.05) is 26.8 Å². The van der Waals surface area contributed by atoms with Crippen molar-refractivity contribution in [2.45, 2.75) is 25.3 Å². The van der Waals surface area contributed by atoms with E-state index in [0.717, 1.165) is 39.0 Å². The molecular weight excluding hydrogens is 212 g/mol. The summed E-state index contributed by atoms with van der Waals surface area (Å²) in [6.07, 6.45) is 3.19. The highest BCUT2D eigenvalue weighted by atomic mass is 16.5. The summed E-state index contributed by atoms with van der Waals surface area (Å²) in [7, 11) is 1.74. The summed E-state index contributed by atoms with van der Waals surface area (Å²) in [6, 6.07) is 10.9. The third-order valence-corrected chi connectivity index (χ3v) is 2.81. The Hall–Kier alpha value is -0.900. The number of ether oxygens (including phenoxy) is 1. The molecule has 1 aromatic rings. The second kappa shape index (κ2) is 9.16. The fraction of sp³-hybridized carbons (Fsp3) is 0.571. The van der Waals surface area contributed by atoms with Gasteiger partial charge in [0.25, 0.3) is 0 Å². The quantitative estimate of drug-likeness (QED) is 0.684. The van der Waals surface area contributed by atoms with Gasteiger partial charge in [0.2, 0.25) is 0 Å². The molecule has 0 amide bonds. The van der Waals surface area contributed by atoms with Crippen LogP contribution in [-0.4, -0.2) is 32.8 Å². The first-order valence-corrected chi connectivity index (χ1v) is 6.33. The monoisotopic (exact) mass is 236 g/mol. The van der Waals surface area contributed by atoms with Crippen molar-refractivity contribution < 1.29 is 4.74 Å². The number of benzene rings is 1. The standard InChI is InChI=1S/C14H24N2O/c1-17-12-14(8-5-10-15)16-11-9-13-6-3-2-4-7-13/h2-4,6-7,14,16H,5,8-12,15H2,1H3. The van der Waals surface area contributed by atoms with Crippen molar-refractivity contribution in [3.05, 3.63) is 35.9 Å². The first-order valence-electron chi connectivity index (χ1n) is 6.33. The summed E-state index contributed by atoms with van der Waals surface area (Å²) in [5.41, 5.74) is 6.89. The predicted molar refractivity (Wildman–Crippen MR) is 72.1 cm³/mol. The van der Waals surface area contributed by atoms with Crippen LogP contribution in [0.15, 0.2) is 30.3 Å². The van der Waals surface area contributed by atoms with E-state index in [1.54, 1.807) is 7.11 Å². The molecule has 3 nitrogen and oxygen atoms in total. The van der Waals surface area contributed by atoms with Crippen LogP contribution < -0.4 is 11.1 Å². The Bertz CT molecular complexity index is 277. The highest BCUT2D eigenvalue weighted by Crippen LogP contribution is 2.00. The zero-order chi connectivity index (χ0) is 12.3. The maximum Gasteiger partial charge on any atom is 0.0615 e. The van der Waals surface area contributed by atoms with Crippen molar-refractivity contribution in [2.24, 2.45) is 5.73 Å². The molecule has 0 aromatic heterocycles. The number of nitrogens with two attached hydrogens (primary N) is 1. The molecule has 1 unspecified atom stereocenters. The summed E-state index contributed by atoms with van der Waals surface area (Å²) in [5, 5.41) is 3.52. The molecule has 0 heterocycles. The molecule has 3 heteroatoms. The van der Waals surface area contributed by atoms with E-state index in [1.165, 1.54) is 5.56 Å². The van der Waals surface area contributed by atoms with Gasteiger partial charge in [-0.05, 0) is 37.9 Å². The molecule has 0 radical (unpaired) electrons. The van der Waals surface area contributed by atoms with Crippen LogP contribution in [0, 0.1) is 0 Å². The molecule has 0 aliphatic rings. The topological polar surface area (TPSA) is 47.3 Å². The van der Waals surface area contributed by atoms with Gasteiger partial charge in [0.15, 0.2) is 0 Å². The molecule has 17 heavy (non-hydrogen) atoms. The van der Waals surface area contributed by atoms with Gasteiger partial charge in [-0.25, -0.2) is 0 Å². The molecule has 96 valence electrons. The van der Waals surface area contributed by atoms with E-state index in [9.17, 15) is 0 Å². The maximum absolute atomic E-state index is 5.52. The van der Waals surface area contributed by atoms with Gasteiger partial charge in [0.1, 0.15) is 0 Å². The second-order valence-electron chi connectivity index (χ2n) is 4.27. The summed E-state index contributed by atoms with van der Waals surface area (Å²) in [5.74, 6) is 0. The third kappa shape index (κ3) is 6.41. The predicted octanol–water partition coefficient (Wildman–Crippen LogP) is 1.57. The van der Waals surface area contributed by atoms with Crippen molar-refractivity contribution in [1.82, 2.24) is 5.32 Å². The third-order valence-electron chi connectivity index (χ3n) is 2.81. The van der Waals surface area contributed by atoms with Crippen LogP contribution in [0.25, 0.3) is 0 Å². The molecule has 0 fully saturated rings. The van der Waals surface area contributed by atoms with Crippen molar-refractivity contribution >= 4 is 0 Å². The fourth-order valence-electron chi connectivity index (χ4n) is 1.88. The largest absolute Gasteiger partial charge is 0.383 e. The molecule has 3 N–H and O–H groups in total. The normalized spacial score (nSPS) is 12.6. The average molecular weight is 236 g/mol. The number of methoxy groups -OCH3 is 1. The Balaban J connectivity index is 2.22. The summed E-state index contributed by atoms with van der Waals surface area (Å²) < 4.78 is 5.20. The maximum atomic E-state index is 5.52. The van der Waals surface area contributed by atoms with Crippen LogP contribution in [0.1, 0.15) is 18.4 Å². The lowest BCUT2D eigenvalue weighted by Gasteiger charge is -2.17. The van der Waals surface area contributed by atoms with E-state index in [4.69, 9.17) is 10.5 Å². The van der Waals surface area contributed by atoms with Crippen LogP contribution >= 0.6 is 0 Å². The molecule has 0 spiro atoms. The summed E-state index contributed by atoms with van der Waals surface area (Å²) >= 11 is 0. The molecule has 0 aliphatic heterocycles. The van der Waals surface area contributed by atoms with Gasteiger partial charge in [-0.15, -0.1) is 0 Å². The zero-order valence-corrected chi connectivity index (χ0v) is 10.7. The van der Waals surface area contributed by atoms with Crippen molar-refractivity contribution in [1.29, 1.82) is 0 Å². The van der Waals surface area contributed by atoms with Gasteiger partial charge >= 0.3 is 0 Å². The lowest BCUT2D eigenvalue weighted by Crippen LogP contribution is -2.35. The van der Waals surface area contributed by atoms with Gasteiger partial charge in [-0.2, -0.15) is 0 Å². The molecule has 1 rings (SSSR count). The number of hydrogen-bond donors (Lipinski definition) is 2. The van der Waals surface area contributed by atoms with E-state index < -0.39 is 0 Å². The van der Waals surface area contributed by atoms with E-state index in [1.807, 2.05) is 6.07 Å². The number of nitrogens with one attached hydrogen (secondary N) is 1.